The van der Waals surface area contributed by atoms with E-state index in [4.69, 9.17) is 5.11 Å². The summed E-state index contributed by atoms with van der Waals surface area (Å²) in [7, 11) is 0. The minimum atomic E-state index is -4.61. The number of hydrogen-bond acceptors (Lipinski definition) is 7. The number of halogens is 5. The Balaban J connectivity index is 0.000000673. The van der Waals surface area contributed by atoms with E-state index in [0.717, 1.165) is 31.4 Å². The predicted molar refractivity (Wildman–Crippen MR) is 133 cm³/mol. The Kier molecular flexibility index (Phi) is 11.9. The molecule has 1 aromatic carbocycles. The number of benzene rings is 1. The lowest BCUT2D eigenvalue weighted by molar-refractivity contribution is -0.162. The number of nitrogens with one attached hydrogen (secondary N) is 3. The van der Waals surface area contributed by atoms with Crippen molar-refractivity contribution in [3.63, 3.8) is 0 Å². The Morgan fingerprint density at radius 1 is 1.15 bits per heavy atom. The molecule has 1 fully saturated rings. The molecule has 2 atom stereocenters. The maximum atomic E-state index is 12.6. The summed E-state index contributed by atoms with van der Waals surface area (Å²) in [5.74, 6) is -6.45. The van der Waals surface area contributed by atoms with Crippen LogP contribution in [0.25, 0.3) is 0 Å². The van der Waals surface area contributed by atoms with Crippen LogP contribution in [0.5, 0.6) is 0 Å². The number of carboxylic acid groups (broad SMARTS) is 1. The van der Waals surface area contributed by atoms with Gasteiger partial charge < -0.3 is 15.7 Å². The fraction of sp³-hybridized carbons (Fsp3) is 0.458. The molecule has 9 nitrogen and oxygen atoms in total. The summed E-state index contributed by atoms with van der Waals surface area (Å²) in [5, 5.41) is 20.9. The van der Waals surface area contributed by atoms with Crippen molar-refractivity contribution in [2.45, 2.75) is 63.2 Å². The van der Waals surface area contributed by atoms with Gasteiger partial charge in [-0.1, -0.05) is 54.2 Å². The van der Waals surface area contributed by atoms with Crippen molar-refractivity contribution in [1.82, 2.24) is 20.8 Å². The van der Waals surface area contributed by atoms with Crippen LogP contribution in [0.2, 0.25) is 0 Å². The average Bonchev–Trinajstić information content (AvgIpc) is 3.35. The van der Waals surface area contributed by atoms with Gasteiger partial charge in [-0.3, -0.25) is 14.9 Å². The summed E-state index contributed by atoms with van der Waals surface area (Å²) in [6.07, 6.45) is 2.12. The number of aliphatic carboxylic acids is 1. The minimum absolute atomic E-state index is 0.133. The van der Waals surface area contributed by atoms with Crippen molar-refractivity contribution >= 4 is 34.3 Å². The first kappa shape index (κ1) is 31.8. The van der Waals surface area contributed by atoms with Gasteiger partial charge in [0.25, 0.3) is 0 Å². The Hall–Kier alpha value is -3.46. The van der Waals surface area contributed by atoms with Crippen LogP contribution in [-0.2, 0) is 27.0 Å². The monoisotopic (exact) mass is 577 g/mol. The maximum Gasteiger partial charge on any atom is 0.445 e. The molecule has 2 aromatic rings. The second-order valence-electron chi connectivity index (χ2n) is 8.59. The highest BCUT2D eigenvalue weighted by Crippen LogP contribution is 2.32. The number of aryl methyl sites for hydroxylation is 1. The van der Waals surface area contributed by atoms with E-state index in [1.165, 1.54) is 6.08 Å². The van der Waals surface area contributed by atoms with E-state index in [2.05, 4.69) is 26.1 Å². The quantitative estimate of drug-likeness (QED) is 0.261. The zero-order chi connectivity index (χ0) is 29.1. The van der Waals surface area contributed by atoms with Crippen molar-refractivity contribution in [3.05, 3.63) is 53.1 Å². The smallest absolute Gasteiger partial charge is 0.445 e. The van der Waals surface area contributed by atoms with Gasteiger partial charge in [0, 0.05) is 19.0 Å². The van der Waals surface area contributed by atoms with Crippen LogP contribution in [-0.4, -0.2) is 57.6 Å². The zero-order valence-corrected chi connectivity index (χ0v) is 21.6. The fourth-order valence-corrected chi connectivity index (χ4v) is 3.89. The minimum Gasteiger partial charge on any atom is -0.477 e. The van der Waals surface area contributed by atoms with Crippen LogP contribution in [0.1, 0.15) is 43.2 Å². The second-order valence-corrected chi connectivity index (χ2v) is 9.57. The maximum absolute atomic E-state index is 12.6. The molecule has 1 aromatic heterocycles. The number of rotatable bonds is 9. The van der Waals surface area contributed by atoms with Crippen LogP contribution in [0, 0.1) is 0 Å². The van der Waals surface area contributed by atoms with Gasteiger partial charge in [0.05, 0.1) is 6.04 Å². The average molecular weight is 578 g/mol. The molecule has 0 saturated carbocycles. The molecular formula is C24H28F5N5O4S. The number of carboxylic acids is 1. The van der Waals surface area contributed by atoms with Gasteiger partial charge in [0.1, 0.15) is 0 Å². The lowest BCUT2D eigenvalue weighted by atomic mass is 10.0. The molecule has 1 saturated heterocycles. The highest BCUT2D eigenvalue weighted by molar-refractivity contribution is 7.15. The molecule has 1 aliphatic heterocycles. The topological polar surface area (TPSA) is 133 Å². The summed E-state index contributed by atoms with van der Waals surface area (Å²) in [6.45, 7) is 1.11. The number of carbonyl (C=O) groups is 3. The van der Waals surface area contributed by atoms with Gasteiger partial charge in [-0.2, -0.15) is 22.0 Å². The third kappa shape index (κ3) is 11.9. The number of nitrogens with zero attached hydrogens (tertiary/aromatic N) is 2. The van der Waals surface area contributed by atoms with Crippen LogP contribution < -0.4 is 16.0 Å². The molecule has 4 N–H and O–H groups in total. The van der Waals surface area contributed by atoms with Crippen molar-refractivity contribution in [2.24, 2.45) is 0 Å². The van der Waals surface area contributed by atoms with Gasteiger partial charge in [-0.15, -0.1) is 10.2 Å². The molecule has 3 rings (SSSR count). The van der Waals surface area contributed by atoms with Crippen molar-refractivity contribution in [1.29, 1.82) is 0 Å². The molecule has 2 heterocycles. The van der Waals surface area contributed by atoms with E-state index in [0.29, 0.717) is 19.8 Å². The fourth-order valence-electron chi connectivity index (χ4n) is 3.28. The number of amides is 2. The first-order valence-electron chi connectivity index (χ1n) is 11.8. The molecule has 15 heteroatoms. The number of carbonyl (C=O) groups excluding carboxylic acids is 2. The zero-order valence-electron chi connectivity index (χ0n) is 20.8. The number of piperidine rings is 1. The predicted octanol–water partition coefficient (Wildman–Crippen LogP) is 4.04. The van der Waals surface area contributed by atoms with Gasteiger partial charge >= 0.3 is 18.1 Å². The summed E-state index contributed by atoms with van der Waals surface area (Å²) in [5.41, 5.74) is 1.09. The standard InChI is InChI=1S/C21H24F3N5O2S.C3H4F2O2/c22-21(23,24)19-28-29-20(32-19)27-17(30)12-11-15(10-9-14-6-2-1-3-7-14)26-18(31)16-8-4-5-13-25-16;1-3(4,5)2(6)7/h1-3,6-7,11-12,15-16,25H,4-5,8-10,13H2,(H,26,31)(H,27,29,30);1H3,(H,6,7)/b12-11+;/t15-,16-;/m0./s1. The van der Waals surface area contributed by atoms with E-state index in [9.17, 15) is 36.3 Å². The molecular weight excluding hydrogens is 549 g/mol. The Bertz CT molecular complexity index is 1120. The Labute approximate surface area is 224 Å². The lowest BCUT2D eigenvalue weighted by Crippen LogP contribution is -2.49. The molecule has 0 radical (unpaired) electrons. The summed E-state index contributed by atoms with van der Waals surface area (Å²) < 4.78 is 60.4. The van der Waals surface area contributed by atoms with Crippen LogP contribution in [0.3, 0.4) is 0 Å². The third-order valence-electron chi connectivity index (χ3n) is 5.29. The van der Waals surface area contributed by atoms with Gasteiger partial charge in [-0.25, -0.2) is 4.79 Å². The highest BCUT2D eigenvalue weighted by atomic mass is 32.1. The summed E-state index contributed by atoms with van der Waals surface area (Å²) in [6, 6.07) is 9.03. The van der Waals surface area contributed by atoms with Crippen LogP contribution in [0.15, 0.2) is 42.5 Å². The van der Waals surface area contributed by atoms with Gasteiger partial charge in [-0.05, 0) is 37.8 Å². The Morgan fingerprint density at radius 2 is 1.82 bits per heavy atom. The molecule has 214 valence electrons. The van der Waals surface area contributed by atoms with Gasteiger partial charge in [0.15, 0.2) is 0 Å². The molecule has 0 spiro atoms. The van der Waals surface area contributed by atoms with Crippen molar-refractivity contribution < 1.29 is 41.4 Å². The molecule has 39 heavy (non-hydrogen) atoms. The van der Waals surface area contributed by atoms with E-state index >= 15 is 0 Å². The van der Waals surface area contributed by atoms with E-state index in [1.54, 1.807) is 6.08 Å². The first-order valence-corrected chi connectivity index (χ1v) is 12.7. The molecule has 0 unspecified atom stereocenters. The highest BCUT2D eigenvalue weighted by Gasteiger charge is 2.35. The number of aromatic nitrogens is 2. The molecule has 0 aliphatic carbocycles. The largest absolute Gasteiger partial charge is 0.477 e. The van der Waals surface area contributed by atoms with Crippen molar-refractivity contribution in [3.8, 4) is 0 Å². The van der Waals surface area contributed by atoms with E-state index in [-0.39, 0.29) is 28.4 Å². The lowest BCUT2D eigenvalue weighted by Gasteiger charge is -2.25. The molecule has 1 aliphatic rings. The molecule has 0 bridgehead atoms. The number of anilines is 1. The Morgan fingerprint density at radius 3 is 2.36 bits per heavy atom. The van der Waals surface area contributed by atoms with Crippen LogP contribution in [0.4, 0.5) is 27.1 Å². The first-order chi connectivity index (χ1) is 18.3. The second kappa shape index (κ2) is 14.6. The van der Waals surface area contributed by atoms with E-state index in [1.807, 2.05) is 30.3 Å². The van der Waals surface area contributed by atoms with E-state index < -0.39 is 35.0 Å². The molecule has 2 amide bonds. The third-order valence-corrected chi connectivity index (χ3v) is 6.18. The van der Waals surface area contributed by atoms with Crippen molar-refractivity contribution in [2.75, 3.05) is 11.9 Å². The summed E-state index contributed by atoms with van der Waals surface area (Å²) >= 11 is 0.248. The summed E-state index contributed by atoms with van der Waals surface area (Å²) in [4.78, 5) is 34.1. The van der Waals surface area contributed by atoms with Crippen LogP contribution >= 0.6 is 11.3 Å². The normalized spacial score (nSPS) is 16.6. The number of hydrogen-bond donors (Lipinski definition) is 4. The van der Waals surface area contributed by atoms with Gasteiger partial charge in [0.2, 0.25) is 22.0 Å². The number of alkyl halides is 5. The SMILES string of the molecule is CC(F)(F)C(=O)O.O=C(/C=C/[C@H](CCc1ccccc1)NC(=O)[C@@H]1CCCCN1)Nc1nnc(C(F)(F)F)s1.